The highest BCUT2D eigenvalue weighted by atomic mass is 32.2. The Morgan fingerprint density at radius 3 is 2.58 bits per heavy atom. The van der Waals surface area contributed by atoms with Crippen LogP contribution in [-0.2, 0) is 21.3 Å². The van der Waals surface area contributed by atoms with Gasteiger partial charge in [0.05, 0.1) is 0 Å². The van der Waals surface area contributed by atoms with E-state index in [-0.39, 0.29) is 12.5 Å². The fourth-order valence-electron chi connectivity index (χ4n) is 1.70. The molecule has 5 nitrogen and oxygen atoms in total. The number of likely N-dealkylation sites (N-methyl/N-ethyl adjacent to an activating group) is 1. The van der Waals surface area contributed by atoms with Crippen LogP contribution in [0.1, 0.15) is 22.8 Å². The minimum absolute atomic E-state index is 0.320. The lowest BCUT2D eigenvalue weighted by Gasteiger charge is -2.18. The second-order valence-corrected chi connectivity index (χ2v) is 5.57. The van der Waals surface area contributed by atoms with Crippen molar-refractivity contribution >= 4 is 22.7 Å². The van der Waals surface area contributed by atoms with Crippen LogP contribution >= 0.6 is 0 Å². The molecule has 0 heterocycles. The zero-order valence-corrected chi connectivity index (χ0v) is 11.8. The Kier molecular flexibility index (Phi) is 5.69. The number of carboxylic acids is 1. The van der Waals surface area contributed by atoms with Gasteiger partial charge in [-0.1, -0.05) is 12.1 Å². The number of amides is 1. The van der Waals surface area contributed by atoms with E-state index >= 15 is 0 Å². The summed E-state index contributed by atoms with van der Waals surface area (Å²) in [6.45, 7) is 1.74. The smallest absolute Gasteiger partial charge is 0.323 e. The van der Waals surface area contributed by atoms with Gasteiger partial charge in [-0.2, -0.15) is 0 Å². The van der Waals surface area contributed by atoms with E-state index in [4.69, 9.17) is 5.11 Å². The molecule has 0 radical (unpaired) electrons. The molecule has 1 N–H and O–H groups in total. The predicted molar refractivity (Wildman–Crippen MR) is 73.4 cm³/mol. The first-order chi connectivity index (χ1) is 8.93. The molecular formula is C13H17NO4S. The standard InChI is InChI=1S/C13H17NO4S/c1-3-14(8-12(15)16)13(17)11-6-4-5-10(7-11)9-19(2)18/h4-7H,3,8-9H2,1-2H3,(H,15,16). The summed E-state index contributed by atoms with van der Waals surface area (Å²) in [4.78, 5) is 24.1. The lowest BCUT2D eigenvalue weighted by atomic mass is 10.1. The van der Waals surface area contributed by atoms with Gasteiger partial charge in [0.25, 0.3) is 5.91 Å². The van der Waals surface area contributed by atoms with Crippen LogP contribution in [0.15, 0.2) is 24.3 Å². The summed E-state index contributed by atoms with van der Waals surface area (Å²) in [5.74, 6) is -0.985. The average Bonchev–Trinajstić information content (AvgIpc) is 2.34. The fraction of sp³-hybridized carbons (Fsp3) is 0.385. The zero-order valence-electron chi connectivity index (χ0n) is 11.0. The van der Waals surface area contributed by atoms with Gasteiger partial charge in [0.2, 0.25) is 0 Å². The van der Waals surface area contributed by atoms with Crippen LogP contribution in [0.3, 0.4) is 0 Å². The molecule has 0 saturated heterocycles. The molecule has 1 aromatic carbocycles. The average molecular weight is 283 g/mol. The van der Waals surface area contributed by atoms with E-state index in [1.165, 1.54) is 4.90 Å². The molecule has 1 atom stereocenters. The summed E-state index contributed by atoms with van der Waals surface area (Å²) in [7, 11) is -0.979. The lowest BCUT2D eigenvalue weighted by molar-refractivity contribution is -0.137. The second kappa shape index (κ2) is 7.04. The van der Waals surface area contributed by atoms with Crippen molar-refractivity contribution in [3.05, 3.63) is 35.4 Å². The van der Waals surface area contributed by atoms with Gasteiger partial charge in [0.15, 0.2) is 0 Å². The monoisotopic (exact) mass is 283 g/mol. The van der Waals surface area contributed by atoms with E-state index in [0.29, 0.717) is 17.9 Å². The molecule has 0 fully saturated rings. The maximum atomic E-state index is 12.1. The number of nitrogens with zero attached hydrogens (tertiary/aromatic N) is 1. The highest BCUT2D eigenvalue weighted by Crippen LogP contribution is 2.10. The maximum absolute atomic E-state index is 12.1. The number of rotatable bonds is 6. The third-order valence-electron chi connectivity index (χ3n) is 2.54. The van der Waals surface area contributed by atoms with E-state index in [1.807, 2.05) is 0 Å². The Morgan fingerprint density at radius 2 is 2.05 bits per heavy atom. The van der Waals surface area contributed by atoms with Crippen LogP contribution in [0.25, 0.3) is 0 Å². The van der Waals surface area contributed by atoms with Crippen LogP contribution in [0.2, 0.25) is 0 Å². The Labute approximate surface area is 114 Å². The molecule has 19 heavy (non-hydrogen) atoms. The van der Waals surface area contributed by atoms with Crippen LogP contribution in [0.4, 0.5) is 0 Å². The van der Waals surface area contributed by atoms with Crippen molar-refractivity contribution in [2.75, 3.05) is 19.3 Å². The number of hydrogen-bond donors (Lipinski definition) is 1. The number of carboxylic acid groups (broad SMARTS) is 1. The minimum Gasteiger partial charge on any atom is -0.480 e. The molecule has 0 saturated carbocycles. The van der Waals surface area contributed by atoms with E-state index in [2.05, 4.69) is 0 Å². The lowest BCUT2D eigenvalue weighted by Crippen LogP contribution is -2.35. The van der Waals surface area contributed by atoms with Crippen LogP contribution in [-0.4, -0.2) is 45.4 Å². The molecule has 0 aliphatic rings. The Morgan fingerprint density at radius 1 is 1.37 bits per heavy atom. The van der Waals surface area contributed by atoms with E-state index in [9.17, 15) is 13.8 Å². The van der Waals surface area contributed by atoms with Crippen molar-refractivity contribution in [1.29, 1.82) is 0 Å². The first-order valence-electron chi connectivity index (χ1n) is 5.84. The molecular weight excluding hydrogens is 266 g/mol. The highest BCUT2D eigenvalue weighted by Gasteiger charge is 2.17. The topological polar surface area (TPSA) is 74.7 Å². The highest BCUT2D eigenvalue weighted by molar-refractivity contribution is 7.83. The SMILES string of the molecule is CCN(CC(=O)O)C(=O)c1cccc(CS(C)=O)c1. The normalized spacial score (nSPS) is 11.9. The van der Waals surface area contributed by atoms with Gasteiger partial charge in [-0.05, 0) is 24.6 Å². The Balaban J connectivity index is 2.91. The Bertz CT molecular complexity index is 501. The van der Waals surface area contributed by atoms with Gasteiger partial charge in [0.1, 0.15) is 6.54 Å². The second-order valence-electron chi connectivity index (χ2n) is 4.13. The number of benzene rings is 1. The number of carbonyl (C=O) groups is 2. The first-order valence-corrected chi connectivity index (χ1v) is 7.56. The summed E-state index contributed by atoms with van der Waals surface area (Å²) in [6, 6.07) is 6.80. The van der Waals surface area contributed by atoms with Gasteiger partial charge >= 0.3 is 5.97 Å². The summed E-state index contributed by atoms with van der Waals surface area (Å²) >= 11 is 0. The molecule has 0 aromatic heterocycles. The largest absolute Gasteiger partial charge is 0.480 e. The summed E-state index contributed by atoms with van der Waals surface area (Å²) in [6.07, 6.45) is 1.59. The molecule has 0 bridgehead atoms. The van der Waals surface area contributed by atoms with E-state index in [1.54, 1.807) is 37.4 Å². The van der Waals surface area contributed by atoms with Crippen LogP contribution in [0, 0.1) is 0 Å². The van der Waals surface area contributed by atoms with Crippen LogP contribution in [0.5, 0.6) is 0 Å². The van der Waals surface area contributed by atoms with Crippen molar-refractivity contribution in [3.8, 4) is 0 Å². The molecule has 0 aliphatic heterocycles. The molecule has 104 valence electrons. The molecule has 1 aromatic rings. The zero-order chi connectivity index (χ0) is 14.4. The molecule has 0 aliphatic carbocycles. The molecule has 1 amide bonds. The predicted octanol–water partition coefficient (Wildman–Crippen LogP) is 1.11. The van der Waals surface area contributed by atoms with Crippen molar-refractivity contribution in [2.45, 2.75) is 12.7 Å². The van der Waals surface area contributed by atoms with Gasteiger partial charge < -0.3 is 10.0 Å². The third-order valence-corrected chi connectivity index (χ3v) is 3.28. The number of hydrogen-bond acceptors (Lipinski definition) is 3. The molecule has 1 rings (SSSR count). The fourth-order valence-corrected chi connectivity index (χ4v) is 2.35. The van der Waals surface area contributed by atoms with Crippen molar-refractivity contribution in [2.24, 2.45) is 0 Å². The summed E-state index contributed by atoms with van der Waals surface area (Å²) in [5.41, 5.74) is 1.23. The van der Waals surface area contributed by atoms with Crippen molar-refractivity contribution in [1.82, 2.24) is 4.90 Å². The van der Waals surface area contributed by atoms with Gasteiger partial charge in [-0.15, -0.1) is 0 Å². The van der Waals surface area contributed by atoms with Gasteiger partial charge in [-0.25, -0.2) is 0 Å². The van der Waals surface area contributed by atoms with Crippen molar-refractivity contribution < 1.29 is 18.9 Å². The van der Waals surface area contributed by atoms with Gasteiger partial charge in [0, 0.05) is 34.9 Å². The quantitative estimate of drug-likeness (QED) is 0.848. The third kappa shape index (κ3) is 4.82. The first kappa shape index (κ1) is 15.4. The van der Waals surface area contributed by atoms with E-state index < -0.39 is 16.8 Å². The van der Waals surface area contributed by atoms with E-state index in [0.717, 1.165) is 5.56 Å². The van der Waals surface area contributed by atoms with Gasteiger partial charge in [-0.3, -0.25) is 13.8 Å². The molecule has 6 heteroatoms. The number of carbonyl (C=O) groups excluding carboxylic acids is 1. The molecule has 1 unspecified atom stereocenters. The maximum Gasteiger partial charge on any atom is 0.323 e. The van der Waals surface area contributed by atoms with Crippen LogP contribution < -0.4 is 0 Å². The number of aliphatic carboxylic acids is 1. The summed E-state index contributed by atoms with van der Waals surface area (Å²) in [5, 5.41) is 8.75. The summed E-state index contributed by atoms with van der Waals surface area (Å²) < 4.78 is 11.2. The Hall–Kier alpha value is -1.69. The molecule has 0 spiro atoms. The minimum atomic E-state index is -1.04. The van der Waals surface area contributed by atoms with Crippen molar-refractivity contribution in [3.63, 3.8) is 0 Å².